The van der Waals surface area contributed by atoms with Crippen molar-refractivity contribution in [3.05, 3.63) is 66.0 Å². The Morgan fingerprint density at radius 1 is 0.950 bits per heavy atom. The van der Waals surface area contributed by atoms with Crippen molar-refractivity contribution < 1.29 is 9.90 Å². The number of carboxylic acids is 1. The fraction of sp³-hybridized carbons (Fsp3) is 0.0588. The fourth-order valence-corrected chi connectivity index (χ4v) is 2.50. The summed E-state index contributed by atoms with van der Waals surface area (Å²) >= 11 is 0. The number of fused-ring (bicyclic) bond motifs is 1. The van der Waals surface area contributed by atoms with E-state index >= 15 is 0 Å². The molecule has 3 rings (SSSR count). The minimum atomic E-state index is -0.907. The van der Waals surface area contributed by atoms with Crippen molar-refractivity contribution in [2.24, 2.45) is 0 Å². The van der Waals surface area contributed by atoms with Gasteiger partial charge in [-0.25, -0.2) is 4.79 Å². The summed E-state index contributed by atoms with van der Waals surface area (Å²) < 4.78 is 0. The van der Waals surface area contributed by atoms with Crippen LogP contribution in [-0.4, -0.2) is 16.1 Å². The molecule has 0 atom stereocenters. The Bertz CT molecular complexity index is 809. The van der Waals surface area contributed by atoms with Crippen LogP contribution in [0.25, 0.3) is 21.9 Å². The molecule has 3 heteroatoms. The van der Waals surface area contributed by atoms with Gasteiger partial charge in [0, 0.05) is 17.5 Å². The lowest BCUT2D eigenvalue weighted by Gasteiger charge is -2.10. The fourth-order valence-electron chi connectivity index (χ4n) is 2.50. The van der Waals surface area contributed by atoms with Crippen LogP contribution in [0.5, 0.6) is 0 Å². The van der Waals surface area contributed by atoms with Crippen LogP contribution in [0, 0.1) is 6.92 Å². The second-order valence-electron chi connectivity index (χ2n) is 4.65. The molecule has 0 fully saturated rings. The number of hydrogen-bond donors (Lipinski definition) is 1. The normalized spacial score (nSPS) is 10.7. The first-order chi connectivity index (χ1) is 9.68. The topological polar surface area (TPSA) is 50.2 Å². The number of aromatic nitrogens is 1. The lowest BCUT2D eigenvalue weighted by molar-refractivity contribution is 0.0699. The molecule has 20 heavy (non-hydrogen) atoms. The van der Waals surface area contributed by atoms with E-state index in [1.54, 1.807) is 18.3 Å². The van der Waals surface area contributed by atoms with Gasteiger partial charge in [-0.3, -0.25) is 4.98 Å². The highest BCUT2D eigenvalue weighted by Crippen LogP contribution is 2.31. The summed E-state index contributed by atoms with van der Waals surface area (Å²) in [6, 6.07) is 15.0. The highest BCUT2D eigenvalue weighted by molar-refractivity contribution is 6.08. The molecule has 0 bridgehead atoms. The molecule has 0 aliphatic rings. The Hall–Kier alpha value is -2.68. The summed E-state index contributed by atoms with van der Waals surface area (Å²) in [5.74, 6) is -0.907. The van der Waals surface area contributed by atoms with E-state index in [4.69, 9.17) is 0 Å². The molecule has 0 aliphatic carbocycles. The number of nitrogens with zero attached hydrogens (tertiary/aromatic N) is 1. The van der Waals surface area contributed by atoms with Gasteiger partial charge in [-0.05, 0) is 35.4 Å². The highest BCUT2D eigenvalue weighted by Gasteiger charge is 2.12. The number of pyridine rings is 1. The van der Waals surface area contributed by atoms with Crippen LogP contribution in [-0.2, 0) is 0 Å². The van der Waals surface area contributed by atoms with Gasteiger partial charge in [-0.1, -0.05) is 36.4 Å². The van der Waals surface area contributed by atoms with Crippen molar-refractivity contribution in [1.29, 1.82) is 0 Å². The summed E-state index contributed by atoms with van der Waals surface area (Å²) in [4.78, 5) is 15.6. The van der Waals surface area contributed by atoms with Crippen LogP contribution in [0.4, 0.5) is 0 Å². The van der Waals surface area contributed by atoms with Gasteiger partial charge in [-0.15, -0.1) is 0 Å². The Labute approximate surface area is 116 Å². The van der Waals surface area contributed by atoms with E-state index in [-0.39, 0.29) is 0 Å². The molecule has 0 amide bonds. The SMILES string of the molecule is Cc1ncccc1-c1cccc2c(C(=O)O)cccc12. The average molecular weight is 263 g/mol. The lowest BCUT2D eigenvalue weighted by atomic mass is 9.95. The van der Waals surface area contributed by atoms with Crippen molar-refractivity contribution in [2.45, 2.75) is 6.92 Å². The van der Waals surface area contributed by atoms with E-state index in [9.17, 15) is 9.90 Å². The molecule has 3 aromatic rings. The largest absolute Gasteiger partial charge is 0.478 e. The van der Waals surface area contributed by atoms with Gasteiger partial charge in [0.15, 0.2) is 0 Å². The van der Waals surface area contributed by atoms with Crippen LogP contribution in [0.15, 0.2) is 54.7 Å². The van der Waals surface area contributed by atoms with E-state index < -0.39 is 5.97 Å². The molecule has 0 saturated heterocycles. The maximum Gasteiger partial charge on any atom is 0.336 e. The van der Waals surface area contributed by atoms with Crippen molar-refractivity contribution in [1.82, 2.24) is 4.98 Å². The number of aryl methyl sites for hydroxylation is 1. The van der Waals surface area contributed by atoms with Crippen molar-refractivity contribution in [2.75, 3.05) is 0 Å². The lowest BCUT2D eigenvalue weighted by Crippen LogP contribution is -1.97. The smallest absolute Gasteiger partial charge is 0.336 e. The molecular weight excluding hydrogens is 250 g/mol. The maximum absolute atomic E-state index is 11.3. The molecule has 1 heterocycles. The van der Waals surface area contributed by atoms with E-state index in [0.29, 0.717) is 5.56 Å². The number of hydrogen-bond acceptors (Lipinski definition) is 2. The van der Waals surface area contributed by atoms with Gasteiger partial charge in [0.2, 0.25) is 0 Å². The second kappa shape index (κ2) is 4.78. The predicted molar refractivity (Wildman–Crippen MR) is 78.9 cm³/mol. The number of rotatable bonds is 2. The molecular formula is C17H13NO2. The number of carboxylic acid groups (broad SMARTS) is 1. The standard InChI is InChI=1S/C17H13NO2/c1-11-12(9-4-10-18-11)13-5-2-7-15-14(13)6-3-8-16(15)17(19)20/h2-10H,1H3,(H,19,20). The maximum atomic E-state index is 11.3. The molecule has 0 spiro atoms. The highest BCUT2D eigenvalue weighted by atomic mass is 16.4. The van der Waals surface area contributed by atoms with Gasteiger partial charge >= 0.3 is 5.97 Å². The van der Waals surface area contributed by atoms with Gasteiger partial charge in [-0.2, -0.15) is 0 Å². The van der Waals surface area contributed by atoms with Crippen LogP contribution in [0.1, 0.15) is 16.1 Å². The van der Waals surface area contributed by atoms with Crippen molar-refractivity contribution >= 4 is 16.7 Å². The van der Waals surface area contributed by atoms with Gasteiger partial charge in [0.05, 0.1) is 5.56 Å². The minimum absolute atomic E-state index is 0.325. The van der Waals surface area contributed by atoms with Crippen LogP contribution in [0.2, 0.25) is 0 Å². The monoisotopic (exact) mass is 263 g/mol. The molecule has 1 aromatic heterocycles. The number of aromatic carboxylic acids is 1. The first-order valence-corrected chi connectivity index (χ1v) is 6.35. The third-order valence-electron chi connectivity index (χ3n) is 3.45. The summed E-state index contributed by atoms with van der Waals surface area (Å²) in [7, 11) is 0. The zero-order valence-corrected chi connectivity index (χ0v) is 11.0. The Morgan fingerprint density at radius 3 is 2.40 bits per heavy atom. The summed E-state index contributed by atoms with van der Waals surface area (Å²) in [6.45, 7) is 1.95. The molecule has 98 valence electrons. The van der Waals surface area contributed by atoms with Crippen LogP contribution >= 0.6 is 0 Å². The van der Waals surface area contributed by atoms with Gasteiger partial charge in [0.25, 0.3) is 0 Å². The van der Waals surface area contributed by atoms with Gasteiger partial charge < -0.3 is 5.11 Å². The number of benzene rings is 2. The third kappa shape index (κ3) is 1.93. The zero-order chi connectivity index (χ0) is 14.1. The van der Waals surface area contributed by atoms with E-state index in [1.807, 2.05) is 43.3 Å². The predicted octanol–water partition coefficient (Wildman–Crippen LogP) is 3.91. The second-order valence-corrected chi connectivity index (χ2v) is 4.65. The molecule has 0 unspecified atom stereocenters. The molecule has 0 aliphatic heterocycles. The molecule has 0 saturated carbocycles. The Morgan fingerprint density at radius 2 is 1.65 bits per heavy atom. The van der Waals surface area contributed by atoms with E-state index in [2.05, 4.69) is 4.98 Å². The molecule has 0 radical (unpaired) electrons. The first-order valence-electron chi connectivity index (χ1n) is 6.35. The molecule has 1 N–H and O–H groups in total. The van der Waals surface area contributed by atoms with Crippen molar-refractivity contribution in [3.8, 4) is 11.1 Å². The summed E-state index contributed by atoms with van der Waals surface area (Å²) in [6.07, 6.45) is 1.76. The van der Waals surface area contributed by atoms with Crippen LogP contribution in [0.3, 0.4) is 0 Å². The summed E-state index contributed by atoms with van der Waals surface area (Å²) in [5.41, 5.74) is 3.29. The molecule has 2 aromatic carbocycles. The minimum Gasteiger partial charge on any atom is -0.478 e. The van der Waals surface area contributed by atoms with E-state index in [0.717, 1.165) is 27.6 Å². The molecule has 3 nitrogen and oxygen atoms in total. The van der Waals surface area contributed by atoms with E-state index in [1.165, 1.54) is 0 Å². The quantitative estimate of drug-likeness (QED) is 0.762. The Kier molecular flexibility index (Phi) is 2.95. The zero-order valence-electron chi connectivity index (χ0n) is 11.0. The van der Waals surface area contributed by atoms with Crippen molar-refractivity contribution in [3.63, 3.8) is 0 Å². The Balaban J connectivity index is 2.36. The van der Waals surface area contributed by atoms with Crippen LogP contribution < -0.4 is 0 Å². The average Bonchev–Trinajstić information content (AvgIpc) is 2.46. The number of carbonyl (C=O) groups is 1. The third-order valence-corrected chi connectivity index (χ3v) is 3.45. The van der Waals surface area contributed by atoms with Gasteiger partial charge in [0.1, 0.15) is 0 Å². The summed E-state index contributed by atoms with van der Waals surface area (Å²) in [5, 5.41) is 11.0. The first kappa shape index (κ1) is 12.4.